The van der Waals surface area contributed by atoms with Crippen LogP contribution in [0.3, 0.4) is 0 Å². The Bertz CT molecular complexity index is 556. The maximum Gasteiger partial charge on any atom is 0.194 e. The van der Waals surface area contributed by atoms with E-state index in [4.69, 9.17) is 4.42 Å². The van der Waals surface area contributed by atoms with Gasteiger partial charge in [-0.2, -0.15) is 0 Å². The summed E-state index contributed by atoms with van der Waals surface area (Å²) < 4.78 is 5.36. The van der Waals surface area contributed by atoms with Gasteiger partial charge in [0, 0.05) is 12.3 Å². The van der Waals surface area contributed by atoms with Crippen LogP contribution >= 0.6 is 0 Å². The van der Waals surface area contributed by atoms with Crippen molar-refractivity contribution >= 4 is 43.4 Å². The summed E-state index contributed by atoms with van der Waals surface area (Å²) in [5.74, 6) is -0.324. The lowest BCUT2D eigenvalue weighted by molar-refractivity contribution is 0.0989. The Hall–Kier alpha value is -1.84. The standard InChI is InChI=1S/C10H10B2O4/c1-3(13)5-2-4-6(11)8(14)9(15)7(12)10(4)16-5/h2,14-15H,11-12H2,1H3. The highest BCUT2D eigenvalue weighted by Crippen LogP contribution is 2.26. The second-order valence-corrected chi connectivity index (χ2v) is 3.86. The van der Waals surface area contributed by atoms with E-state index in [2.05, 4.69) is 0 Å². The predicted octanol–water partition coefficient (Wildman–Crippen LogP) is -1.44. The molecule has 2 N–H and O–H groups in total. The van der Waals surface area contributed by atoms with E-state index in [1.165, 1.54) is 6.92 Å². The van der Waals surface area contributed by atoms with Gasteiger partial charge in [-0.1, -0.05) is 0 Å². The zero-order valence-corrected chi connectivity index (χ0v) is 9.29. The molecule has 0 aliphatic carbocycles. The topological polar surface area (TPSA) is 70.7 Å². The maximum atomic E-state index is 11.2. The molecule has 1 aromatic heterocycles. The molecule has 6 heteroatoms. The largest absolute Gasteiger partial charge is 0.505 e. The normalized spacial score (nSPS) is 10.8. The molecule has 0 saturated carbocycles. The van der Waals surface area contributed by atoms with Gasteiger partial charge in [0.05, 0.1) is 0 Å². The number of hydrogen-bond acceptors (Lipinski definition) is 4. The Morgan fingerprint density at radius 3 is 2.38 bits per heavy atom. The number of carbonyl (C=O) groups is 1. The van der Waals surface area contributed by atoms with Gasteiger partial charge in [0.2, 0.25) is 0 Å². The summed E-state index contributed by atoms with van der Waals surface area (Å²) in [6, 6.07) is 1.58. The molecule has 0 radical (unpaired) electrons. The molecule has 0 unspecified atom stereocenters. The van der Waals surface area contributed by atoms with Crippen LogP contribution in [0.4, 0.5) is 0 Å². The molecule has 0 spiro atoms. The van der Waals surface area contributed by atoms with Crippen molar-refractivity contribution in [1.82, 2.24) is 0 Å². The van der Waals surface area contributed by atoms with Crippen molar-refractivity contribution in [3.8, 4) is 11.5 Å². The van der Waals surface area contributed by atoms with Crippen molar-refractivity contribution in [2.75, 3.05) is 0 Å². The van der Waals surface area contributed by atoms with E-state index in [1.54, 1.807) is 21.8 Å². The van der Waals surface area contributed by atoms with Crippen LogP contribution < -0.4 is 10.9 Å². The first-order valence-corrected chi connectivity index (χ1v) is 4.89. The van der Waals surface area contributed by atoms with Gasteiger partial charge in [-0.05, 0) is 17.0 Å². The molecular weight excluding hydrogens is 206 g/mol. The monoisotopic (exact) mass is 216 g/mol. The van der Waals surface area contributed by atoms with E-state index in [0.717, 1.165) is 0 Å². The summed E-state index contributed by atoms with van der Waals surface area (Å²) in [5, 5.41) is 19.9. The van der Waals surface area contributed by atoms with Crippen molar-refractivity contribution in [1.29, 1.82) is 0 Å². The number of hydrogen-bond donors (Lipinski definition) is 2. The fourth-order valence-corrected chi connectivity index (χ4v) is 1.71. The molecule has 0 amide bonds. The smallest absolute Gasteiger partial charge is 0.194 e. The molecule has 80 valence electrons. The maximum absolute atomic E-state index is 11.2. The molecule has 0 atom stereocenters. The van der Waals surface area contributed by atoms with Gasteiger partial charge in [0.15, 0.2) is 23.0 Å². The molecule has 16 heavy (non-hydrogen) atoms. The number of furan rings is 1. The zero-order valence-electron chi connectivity index (χ0n) is 9.29. The number of Topliss-reactive ketones (excluding diaryl/α,β-unsaturated/α-hetero) is 1. The van der Waals surface area contributed by atoms with Gasteiger partial charge in [-0.3, -0.25) is 4.79 Å². The number of aromatic hydroxyl groups is 2. The Kier molecular flexibility index (Phi) is 2.22. The van der Waals surface area contributed by atoms with Crippen molar-refractivity contribution in [3.05, 3.63) is 11.8 Å². The summed E-state index contributed by atoms with van der Waals surface area (Å²) in [6.45, 7) is 1.40. The summed E-state index contributed by atoms with van der Waals surface area (Å²) in [6.07, 6.45) is 0. The van der Waals surface area contributed by atoms with Crippen LogP contribution in [0.25, 0.3) is 11.0 Å². The summed E-state index contributed by atoms with van der Waals surface area (Å²) in [4.78, 5) is 11.2. The van der Waals surface area contributed by atoms with Crippen LogP contribution in [0.2, 0.25) is 0 Å². The number of fused-ring (bicyclic) bond motifs is 1. The van der Waals surface area contributed by atoms with Crippen LogP contribution in [0.5, 0.6) is 11.5 Å². The van der Waals surface area contributed by atoms with Crippen LogP contribution in [0.15, 0.2) is 10.5 Å². The Balaban J connectivity index is 2.92. The van der Waals surface area contributed by atoms with Crippen molar-refractivity contribution in [3.63, 3.8) is 0 Å². The highest BCUT2D eigenvalue weighted by Gasteiger charge is 2.18. The predicted molar refractivity (Wildman–Crippen MR) is 65.9 cm³/mol. The molecule has 0 saturated heterocycles. The Labute approximate surface area is 93.7 Å². The first-order chi connectivity index (χ1) is 7.43. The van der Waals surface area contributed by atoms with Gasteiger partial charge in [0.25, 0.3) is 0 Å². The quantitative estimate of drug-likeness (QED) is 0.348. The van der Waals surface area contributed by atoms with Gasteiger partial charge < -0.3 is 14.6 Å². The average molecular weight is 216 g/mol. The minimum absolute atomic E-state index is 0.166. The second kappa shape index (κ2) is 3.33. The number of phenols is 2. The first-order valence-electron chi connectivity index (χ1n) is 4.89. The van der Waals surface area contributed by atoms with Gasteiger partial charge >= 0.3 is 0 Å². The molecule has 2 aromatic rings. The minimum atomic E-state index is -0.200. The van der Waals surface area contributed by atoms with E-state index >= 15 is 0 Å². The lowest BCUT2D eigenvalue weighted by Crippen LogP contribution is -2.13. The SMILES string of the molecule is Bc1c(O)c(O)c(B)c2oc(C(C)=O)cc12. The zero-order chi connectivity index (χ0) is 12.0. The second-order valence-electron chi connectivity index (χ2n) is 3.86. The molecular formula is C10H10B2O4. The molecule has 4 nitrogen and oxygen atoms in total. The van der Waals surface area contributed by atoms with E-state index in [1.807, 2.05) is 0 Å². The summed E-state index contributed by atoms with van der Waals surface area (Å²) >= 11 is 0. The van der Waals surface area contributed by atoms with E-state index < -0.39 is 0 Å². The minimum Gasteiger partial charge on any atom is -0.505 e. The Morgan fingerprint density at radius 2 is 1.81 bits per heavy atom. The fourth-order valence-electron chi connectivity index (χ4n) is 1.71. The fraction of sp³-hybridized carbons (Fsp3) is 0.100. The summed E-state index contributed by atoms with van der Waals surface area (Å²) in [5.41, 5.74) is 1.39. The lowest BCUT2D eigenvalue weighted by atomic mass is 9.84. The van der Waals surface area contributed by atoms with Crippen LogP contribution in [-0.4, -0.2) is 31.7 Å². The van der Waals surface area contributed by atoms with Crippen LogP contribution in [0, 0.1) is 0 Å². The third-order valence-electron chi connectivity index (χ3n) is 2.76. The molecule has 1 heterocycles. The number of benzene rings is 1. The van der Waals surface area contributed by atoms with Gasteiger partial charge in [-0.15, -0.1) is 0 Å². The molecule has 0 aliphatic heterocycles. The molecule has 0 fully saturated rings. The number of ketones is 1. The molecule has 2 rings (SSSR count). The van der Waals surface area contributed by atoms with E-state index in [0.29, 0.717) is 21.9 Å². The van der Waals surface area contributed by atoms with Crippen molar-refractivity contribution < 1.29 is 19.4 Å². The van der Waals surface area contributed by atoms with Crippen molar-refractivity contribution in [2.45, 2.75) is 6.92 Å². The molecule has 0 aliphatic rings. The molecule has 1 aromatic carbocycles. The third kappa shape index (κ3) is 1.30. The van der Waals surface area contributed by atoms with E-state index in [9.17, 15) is 15.0 Å². The number of phenolic OH excluding ortho intramolecular Hbond substituents is 2. The number of carbonyl (C=O) groups excluding carboxylic acids is 1. The van der Waals surface area contributed by atoms with Crippen LogP contribution in [0.1, 0.15) is 17.5 Å². The highest BCUT2D eigenvalue weighted by atomic mass is 16.3. The summed E-state index contributed by atoms with van der Waals surface area (Å²) in [7, 11) is 3.29. The Morgan fingerprint density at radius 1 is 1.25 bits per heavy atom. The van der Waals surface area contributed by atoms with Crippen LogP contribution in [-0.2, 0) is 0 Å². The third-order valence-corrected chi connectivity index (χ3v) is 2.76. The molecule has 0 bridgehead atoms. The number of rotatable bonds is 1. The van der Waals surface area contributed by atoms with Gasteiger partial charge in [0.1, 0.15) is 21.3 Å². The lowest BCUT2D eigenvalue weighted by Gasteiger charge is -2.06. The average Bonchev–Trinajstić information content (AvgIpc) is 2.68. The first kappa shape index (κ1) is 10.7. The highest BCUT2D eigenvalue weighted by molar-refractivity contribution is 6.47. The van der Waals surface area contributed by atoms with Gasteiger partial charge in [-0.25, -0.2) is 0 Å². The van der Waals surface area contributed by atoms with Crippen molar-refractivity contribution in [2.24, 2.45) is 0 Å². The van der Waals surface area contributed by atoms with E-state index in [-0.39, 0.29) is 23.0 Å².